The van der Waals surface area contributed by atoms with E-state index in [1.807, 2.05) is 11.8 Å². The maximum absolute atomic E-state index is 5.99. The van der Waals surface area contributed by atoms with Crippen LogP contribution in [0.4, 0.5) is 5.69 Å². The van der Waals surface area contributed by atoms with E-state index in [0.29, 0.717) is 4.99 Å². The summed E-state index contributed by atoms with van der Waals surface area (Å²) in [5, 5.41) is 0. The van der Waals surface area contributed by atoms with Crippen LogP contribution in [0.5, 0.6) is 0 Å². The SMILES string of the molecule is CCSc1cccc(N2CCCC2(C)C)c1C(N)=S. The Kier molecular flexibility index (Phi) is 4.41. The molecule has 1 heterocycles. The van der Waals surface area contributed by atoms with Gasteiger partial charge in [0.2, 0.25) is 0 Å². The maximum atomic E-state index is 5.99. The van der Waals surface area contributed by atoms with Crippen molar-refractivity contribution in [3.05, 3.63) is 23.8 Å². The van der Waals surface area contributed by atoms with Gasteiger partial charge in [-0.1, -0.05) is 25.2 Å². The Morgan fingerprint density at radius 2 is 2.21 bits per heavy atom. The summed E-state index contributed by atoms with van der Waals surface area (Å²) in [4.78, 5) is 4.17. The molecule has 0 saturated carbocycles. The van der Waals surface area contributed by atoms with E-state index >= 15 is 0 Å². The molecule has 1 aromatic carbocycles. The minimum atomic E-state index is 0.190. The largest absolute Gasteiger partial charge is 0.389 e. The van der Waals surface area contributed by atoms with E-state index in [9.17, 15) is 0 Å². The van der Waals surface area contributed by atoms with Crippen LogP contribution in [0.15, 0.2) is 23.1 Å². The van der Waals surface area contributed by atoms with Crippen LogP contribution in [0.1, 0.15) is 39.2 Å². The van der Waals surface area contributed by atoms with Crippen molar-refractivity contribution in [1.29, 1.82) is 0 Å². The zero-order chi connectivity index (χ0) is 14.0. The fourth-order valence-electron chi connectivity index (χ4n) is 2.82. The number of thioether (sulfide) groups is 1. The third-order valence-electron chi connectivity index (χ3n) is 3.74. The highest BCUT2D eigenvalue weighted by molar-refractivity contribution is 7.99. The quantitative estimate of drug-likeness (QED) is 0.675. The van der Waals surface area contributed by atoms with Crippen molar-refractivity contribution >= 4 is 34.7 Å². The van der Waals surface area contributed by atoms with Crippen molar-refractivity contribution < 1.29 is 0 Å². The smallest absolute Gasteiger partial charge is 0.107 e. The first-order valence-corrected chi connectivity index (χ1v) is 8.20. The lowest BCUT2D eigenvalue weighted by Gasteiger charge is -2.35. The molecule has 1 aromatic rings. The zero-order valence-corrected chi connectivity index (χ0v) is 13.5. The van der Waals surface area contributed by atoms with Gasteiger partial charge in [0.25, 0.3) is 0 Å². The molecule has 0 amide bonds. The second kappa shape index (κ2) is 5.71. The van der Waals surface area contributed by atoms with Crippen molar-refractivity contribution in [3.8, 4) is 0 Å². The van der Waals surface area contributed by atoms with E-state index in [1.165, 1.54) is 23.4 Å². The predicted molar refractivity (Wildman–Crippen MR) is 89.4 cm³/mol. The van der Waals surface area contributed by atoms with Gasteiger partial charge in [-0.25, -0.2) is 0 Å². The number of benzene rings is 1. The fourth-order valence-corrected chi connectivity index (χ4v) is 3.95. The summed E-state index contributed by atoms with van der Waals surface area (Å²) in [6.07, 6.45) is 2.45. The van der Waals surface area contributed by atoms with E-state index in [4.69, 9.17) is 18.0 Å². The van der Waals surface area contributed by atoms with Crippen molar-refractivity contribution in [3.63, 3.8) is 0 Å². The van der Waals surface area contributed by atoms with Gasteiger partial charge in [-0.15, -0.1) is 11.8 Å². The molecule has 0 bridgehead atoms. The monoisotopic (exact) mass is 294 g/mol. The Morgan fingerprint density at radius 1 is 1.47 bits per heavy atom. The molecule has 2 rings (SSSR count). The summed E-state index contributed by atoms with van der Waals surface area (Å²) in [5.74, 6) is 1.03. The third-order valence-corrected chi connectivity index (χ3v) is 4.89. The summed E-state index contributed by atoms with van der Waals surface area (Å²) in [7, 11) is 0. The van der Waals surface area contributed by atoms with E-state index in [0.717, 1.165) is 17.9 Å². The molecule has 0 radical (unpaired) electrons. The molecular weight excluding hydrogens is 272 g/mol. The van der Waals surface area contributed by atoms with E-state index in [-0.39, 0.29) is 5.54 Å². The summed E-state index contributed by atoms with van der Waals surface area (Å²) < 4.78 is 0. The van der Waals surface area contributed by atoms with Crippen LogP contribution >= 0.6 is 24.0 Å². The van der Waals surface area contributed by atoms with Gasteiger partial charge in [0.1, 0.15) is 4.99 Å². The zero-order valence-electron chi connectivity index (χ0n) is 11.9. The number of nitrogens with zero attached hydrogens (tertiary/aromatic N) is 1. The average Bonchev–Trinajstić information content (AvgIpc) is 2.68. The molecule has 19 heavy (non-hydrogen) atoms. The molecule has 2 nitrogen and oxygen atoms in total. The molecule has 1 fully saturated rings. The van der Waals surface area contributed by atoms with Crippen LogP contribution < -0.4 is 10.6 Å². The molecule has 0 aromatic heterocycles. The number of anilines is 1. The van der Waals surface area contributed by atoms with Gasteiger partial charge in [-0.2, -0.15) is 0 Å². The molecule has 1 aliphatic heterocycles. The van der Waals surface area contributed by atoms with Crippen LogP contribution in [0.3, 0.4) is 0 Å². The normalized spacial score (nSPS) is 17.7. The molecular formula is C15H22N2S2. The lowest BCUT2D eigenvalue weighted by Crippen LogP contribution is -2.39. The van der Waals surface area contributed by atoms with Gasteiger partial charge in [-0.05, 0) is 44.6 Å². The van der Waals surface area contributed by atoms with Gasteiger partial charge in [0, 0.05) is 28.2 Å². The Bertz CT molecular complexity index is 483. The molecule has 0 aliphatic carbocycles. The predicted octanol–water partition coefficient (Wildman–Crippen LogP) is 3.81. The molecule has 104 valence electrons. The van der Waals surface area contributed by atoms with Gasteiger partial charge < -0.3 is 10.6 Å². The Morgan fingerprint density at radius 3 is 2.74 bits per heavy atom. The molecule has 1 saturated heterocycles. The minimum Gasteiger partial charge on any atom is -0.389 e. The highest BCUT2D eigenvalue weighted by Gasteiger charge is 2.33. The summed E-state index contributed by atoms with van der Waals surface area (Å²) in [6, 6.07) is 6.39. The Hall–Kier alpha value is -0.740. The van der Waals surface area contributed by atoms with Crippen LogP contribution in [0, 0.1) is 0 Å². The lowest BCUT2D eigenvalue weighted by atomic mass is 10.0. The average molecular weight is 294 g/mol. The first-order valence-electron chi connectivity index (χ1n) is 6.80. The standard InChI is InChI=1S/C15H22N2S2/c1-4-19-12-8-5-7-11(13(12)14(16)18)17-10-6-9-15(17,2)3/h5,7-8H,4,6,9-10H2,1-3H3,(H2,16,18). The highest BCUT2D eigenvalue weighted by Crippen LogP contribution is 2.38. The number of nitrogens with two attached hydrogens (primary N) is 1. The molecule has 0 atom stereocenters. The summed E-state index contributed by atoms with van der Waals surface area (Å²) in [6.45, 7) is 7.83. The first-order chi connectivity index (χ1) is 8.97. The van der Waals surface area contributed by atoms with Crippen LogP contribution in [-0.4, -0.2) is 22.8 Å². The molecule has 0 unspecified atom stereocenters. The van der Waals surface area contributed by atoms with Crippen molar-refractivity contribution in [2.24, 2.45) is 5.73 Å². The molecule has 0 spiro atoms. The second-order valence-corrected chi connectivity index (χ2v) is 7.26. The van der Waals surface area contributed by atoms with Gasteiger partial charge in [0.05, 0.1) is 0 Å². The second-order valence-electron chi connectivity index (χ2n) is 5.52. The molecule has 4 heteroatoms. The Balaban J connectivity index is 2.50. The topological polar surface area (TPSA) is 29.3 Å². The van der Waals surface area contributed by atoms with Crippen LogP contribution in [0.2, 0.25) is 0 Å². The van der Waals surface area contributed by atoms with E-state index in [1.54, 1.807) is 0 Å². The van der Waals surface area contributed by atoms with Gasteiger partial charge in [0.15, 0.2) is 0 Å². The fraction of sp³-hybridized carbons (Fsp3) is 0.533. The third kappa shape index (κ3) is 2.90. The first kappa shape index (κ1) is 14.7. The molecule has 1 aliphatic rings. The minimum absolute atomic E-state index is 0.190. The summed E-state index contributed by atoms with van der Waals surface area (Å²) in [5.41, 5.74) is 8.44. The number of hydrogen-bond acceptors (Lipinski definition) is 3. The van der Waals surface area contributed by atoms with E-state index in [2.05, 4.69) is 43.9 Å². The van der Waals surface area contributed by atoms with Crippen molar-refractivity contribution in [1.82, 2.24) is 0 Å². The van der Waals surface area contributed by atoms with Crippen molar-refractivity contribution in [2.75, 3.05) is 17.2 Å². The Labute approximate surface area is 125 Å². The van der Waals surface area contributed by atoms with Crippen molar-refractivity contribution in [2.45, 2.75) is 44.0 Å². The van der Waals surface area contributed by atoms with Gasteiger partial charge in [-0.3, -0.25) is 0 Å². The lowest BCUT2D eigenvalue weighted by molar-refractivity contribution is 0.517. The van der Waals surface area contributed by atoms with Crippen LogP contribution in [0.25, 0.3) is 0 Å². The number of thiocarbonyl (C=S) groups is 1. The molecule has 2 N–H and O–H groups in total. The van der Waals surface area contributed by atoms with E-state index < -0.39 is 0 Å². The van der Waals surface area contributed by atoms with Gasteiger partial charge >= 0.3 is 0 Å². The number of hydrogen-bond donors (Lipinski definition) is 1. The summed E-state index contributed by atoms with van der Waals surface area (Å²) >= 11 is 7.11. The highest BCUT2D eigenvalue weighted by atomic mass is 32.2. The van der Waals surface area contributed by atoms with Crippen LogP contribution in [-0.2, 0) is 0 Å². The number of rotatable bonds is 4. The maximum Gasteiger partial charge on any atom is 0.107 e.